The molecule has 3 atom stereocenters. The van der Waals surface area contributed by atoms with Crippen molar-refractivity contribution in [1.82, 2.24) is 9.88 Å². The number of amides is 1. The molecule has 1 aliphatic carbocycles. The van der Waals surface area contributed by atoms with Gasteiger partial charge in [-0.3, -0.25) is 9.78 Å². The largest absolute Gasteiger partial charge is 0.374 e. The van der Waals surface area contributed by atoms with E-state index in [2.05, 4.69) is 4.98 Å². The molecule has 5 nitrogen and oxygen atoms in total. The number of fused-ring (bicyclic) bond motifs is 3. The highest BCUT2D eigenvalue weighted by Crippen LogP contribution is 2.33. The van der Waals surface area contributed by atoms with Gasteiger partial charge < -0.3 is 14.4 Å². The second kappa shape index (κ2) is 6.49. The van der Waals surface area contributed by atoms with Gasteiger partial charge in [0.1, 0.15) is 6.10 Å². The van der Waals surface area contributed by atoms with Gasteiger partial charge in [-0.15, -0.1) is 0 Å². The van der Waals surface area contributed by atoms with E-state index >= 15 is 0 Å². The molecule has 0 unspecified atom stereocenters. The van der Waals surface area contributed by atoms with Crippen LogP contribution in [0.1, 0.15) is 30.1 Å². The molecule has 0 radical (unpaired) electrons. The second-order valence-corrected chi connectivity index (χ2v) is 6.39. The minimum Gasteiger partial charge on any atom is -0.374 e. The van der Waals surface area contributed by atoms with Crippen molar-refractivity contribution in [3.8, 4) is 0 Å². The average Bonchev–Trinajstić information content (AvgIpc) is 2.90. The first kappa shape index (κ1) is 15.5. The molecule has 24 heavy (non-hydrogen) atoms. The molecule has 2 heterocycles. The lowest BCUT2D eigenvalue weighted by atomic mass is 10.1. The maximum Gasteiger partial charge on any atom is 0.255 e. The van der Waals surface area contributed by atoms with Gasteiger partial charge in [0.25, 0.3) is 5.91 Å². The van der Waals surface area contributed by atoms with E-state index in [9.17, 15) is 4.79 Å². The first-order valence-corrected chi connectivity index (χ1v) is 8.67. The molecule has 4 rings (SSSR count). The molecule has 1 saturated carbocycles. The Bertz CT molecular complexity index is 748. The van der Waals surface area contributed by atoms with Gasteiger partial charge in [-0.1, -0.05) is 18.2 Å². The van der Waals surface area contributed by atoms with E-state index in [0.717, 1.165) is 23.7 Å². The van der Waals surface area contributed by atoms with Crippen LogP contribution in [-0.2, 0) is 9.47 Å². The molecule has 2 aromatic rings. The normalized spacial score (nSPS) is 26.5. The van der Waals surface area contributed by atoms with Gasteiger partial charge in [0.15, 0.2) is 0 Å². The molecule has 2 aliphatic rings. The molecule has 1 aromatic heterocycles. The summed E-state index contributed by atoms with van der Waals surface area (Å²) in [4.78, 5) is 19.5. The van der Waals surface area contributed by atoms with E-state index in [4.69, 9.17) is 9.47 Å². The van der Waals surface area contributed by atoms with Crippen molar-refractivity contribution in [3.05, 3.63) is 42.1 Å². The van der Waals surface area contributed by atoms with Crippen molar-refractivity contribution >= 4 is 16.8 Å². The Kier molecular flexibility index (Phi) is 4.21. The van der Waals surface area contributed by atoms with Crippen molar-refractivity contribution < 1.29 is 14.3 Å². The topological polar surface area (TPSA) is 51.7 Å². The quantitative estimate of drug-likeness (QED) is 0.870. The van der Waals surface area contributed by atoms with Crippen LogP contribution in [-0.4, -0.2) is 53.8 Å². The van der Waals surface area contributed by atoms with E-state index in [-0.39, 0.29) is 24.2 Å². The highest BCUT2D eigenvalue weighted by Gasteiger charge is 2.44. The van der Waals surface area contributed by atoms with E-state index in [0.29, 0.717) is 25.3 Å². The smallest absolute Gasteiger partial charge is 0.255 e. The predicted octanol–water partition coefficient (Wildman–Crippen LogP) is 2.64. The zero-order valence-corrected chi connectivity index (χ0v) is 13.9. The molecule has 2 fully saturated rings. The lowest BCUT2D eigenvalue weighted by molar-refractivity contribution is -0.0484. The molecule has 0 spiro atoms. The van der Waals surface area contributed by atoms with Gasteiger partial charge in [-0.05, 0) is 31.9 Å². The molecule has 1 saturated heterocycles. The number of hydrogen-bond acceptors (Lipinski definition) is 4. The summed E-state index contributed by atoms with van der Waals surface area (Å²) in [7, 11) is 0. The number of ether oxygens (including phenoxy) is 2. The first-order chi connectivity index (χ1) is 11.8. The maximum atomic E-state index is 13.1. The van der Waals surface area contributed by atoms with Crippen molar-refractivity contribution in [2.24, 2.45) is 0 Å². The third-order valence-corrected chi connectivity index (χ3v) is 5.01. The number of aromatic nitrogens is 1. The SMILES string of the molecule is CCO[C@H]1[C@H]2CC[C@H]1OCCN2C(=O)c1cnc2ccccc2c1. The maximum absolute atomic E-state index is 13.1. The number of rotatable bonds is 3. The minimum absolute atomic E-state index is 0.0186. The first-order valence-electron chi connectivity index (χ1n) is 8.67. The molecular weight excluding hydrogens is 304 g/mol. The summed E-state index contributed by atoms with van der Waals surface area (Å²) in [5.41, 5.74) is 1.54. The Labute approximate surface area is 141 Å². The number of pyridine rings is 1. The second-order valence-electron chi connectivity index (χ2n) is 6.39. The van der Waals surface area contributed by atoms with Gasteiger partial charge in [0.2, 0.25) is 0 Å². The summed E-state index contributed by atoms with van der Waals surface area (Å²) in [5.74, 6) is 0.0223. The summed E-state index contributed by atoms with van der Waals surface area (Å²) in [6, 6.07) is 9.88. The number of hydrogen-bond donors (Lipinski definition) is 0. The van der Waals surface area contributed by atoms with Crippen LogP contribution in [0.4, 0.5) is 0 Å². The molecule has 2 bridgehead atoms. The average molecular weight is 326 g/mol. The molecule has 126 valence electrons. The zero-order chi connectivity index (χ0) is 16.5. The van der Waals surface area contributed by atoms with Gasteiger partial charge in [-0.2, -0.15) is 0 Å². The highest BCUT2D eigenvalue weighted by molar-refractivity contribution is 5.97. The van der Waals surface area contributed by atoms with Crippen LogP contribution >= 0.6 is 0 Å². The van der Waals surface area contributed by atoms with E-state index in [1.807, 2.05) is 42.2 Å². The van der Waals surface area contributed by atoms with Crippen LogP contribution in [0.5, 0.6) is 0 Å². The van der Waals surface area contributed by atoms with Crippen LogP contribution in [0.3, 0.4) is 0 Å². The monoisotopic (exact) mass is 326 g/mol. The third-order valence-electron chi connectivity index (χ3n) is 5.01. The van der Waals surface area contributed by atoms with Crippen molar-refractivity contribution in [2.45, 2.75) is 38.0 Å². The minimum atomic E-state index is -0.0186. The van der Waals surface area contributed by atoms with E-state index < -0.39 is 0 Å². The van der Waals surface area contributed by atoms with Gasteiger partial charge in [-0.25, -0.2) is 0 Å². The van der Waals surface area contributed by atoms with Crippen LogP contribution in [0.25, 0.3) is 10.9 Å². The van der Waals surface area contributed by atoms with Crippen LogP contribution < -0.4 is 0 Å². The van der Waals surface area contributed by atoms with Crippen LogP contribution in [0.15, 0.2) is 36.5 Å². The Hall–Kier alpha value is -1.98. The van der Waals surface area contributed by atoms with Crippen molar-refractivity contribution in [1.29, 1.82) is 0 Å². The van der Waals surface area contributed by atoms with E-state index in [1.54, 1.807) is 6.20 Å². The van der Waals surface area contributed by atoms with Crippen LogP contribution in [0.2, 0.25) is 0 Å². The Morgan fingerprint density at radius 1 is 1.38 bits per heavy atom. The summed E-state index contributed by atoms with van der Waals surface area (Å²) in [6.45, 7) is 3.80. The fraction of sp³-hybridized carbons (Fsp3) is 0.474. The summed E-state index contributed by atoms with van der Waals surface area (Å²) < 4.78 is 11.8. The number of carbonyl (C=O) groups excluding carboxylic acids is 1. The molecule has 5 heteroatoms. The summed E-state index contributed by atoms with van der Waals surface area (Å²) >= 11 is 0. The van der Waals surface area contributed by atoms with Gasteiger partial charge in [0, 0.05) is 24.7 Å². The lowest BCUT2D eigenvalue weighted by Crippen LogP contribution is -2.46. The summed E-state index contributed by atoms with van der Waals surface area (Å²) in [6.07, 6.45) is 3.66. The van der Waals surface area contributed by atoms with Crippen LogP contribution in [0, 0.1) is 0 Å². The molecule has 0 N–H and O–H groups in total. The molecular formula is C19H22N2O3. The standard InChI is InChI=1S/C19H22N2O3/c1-2-23-18-16-7-8-17(18)24-10-9-21(16)19(22)14-11-13-5-3-4-6-15(13)20-12-14/h3-6,11-12,16-18H,2,7-10H2,1H3/t16-,17-,18+/m1/s1. The molecule has 1 aromatic carbocycles. The zero-order valence-electron chi connectivity index (χ0n) is 13.9. The van der Waals surface area contributed by atoms with Crippen molar-refractivity contribution in [3.63, 3.8) is 0 Å². The lowest BCUT2D eigenvalue weighted by Gasteiger charge is -2.31. The summed E-state index contributed by atoms with van der Waals surface area (Å²) in [5, 5.41) is 0.986. The van der Waals surface area contributed by atoms with E-state index in [1.165, 1.54) is 0 Å². The number of nitrogens with zero attached hydrogens (tertiary/aromatic N) is 2. The third kappa shape index (κ3) is 2.68. The van der Waals surface area contributed by atoms with Gasteiger partial charge >= 0.3 is 0 Å². The fourth-order valence-corrected chi connectivity index (χ4v) is 3.91. The Morgan fingerprint density at radius 3 is 3.12 bits per heavy atom. The fourth-order valence-electron chi connectivity index (χ4n) is 3.91. The van der Waals surface area contributed by atoms with Gasteiger partial charge in [0.05, 0.1) is 29.8 Å². The molecule has 1 amide bonds. The number of carbonyl (C=O) groups is 1. The van der Waals surface area contributed by atoms with Crippen molar-refractivity contribution in [2.75, 3.05) is 19.8 Å². The molecule has 1 aliphatic heterocycles. The number of benzene rings is 1. The highest BCUT2D eigenvalue weighted by atomic mass is 16.5. The Morgan fingerprint density at radius 2 is 2.25 bits per heavy atom. The Balaban J connectivity index is 1.64. The predicted molar refractivity (Wildman–Crippen MR) is 91.0 cm³/mol. The number of para-hydroxylation sites is 1.